The van der Waals surface area contributed by atoms with Gasteiger partial charge in [0.1, 0.15) is 6.61 Å². The lowest BCUT2D eigenvalue weighted by Gasteiger charge is -2.17. The van der Waals surface area contributed by atoms with Crippen LogP contribution in [0.15, 0.2) is 17.5 Å². The second kappa shape index (κ2) is 6.09. The summed E-state index contributed by atoms with van der Waals surface area (Å²) in [5.74, 6) is 0.761. The molecular weight excluding hydrogens is 254 g/mol. The van der Waals surface area contributed by atoms with Crippen LogP contribution in [0.2, 0.25) is 0 Å². The molecule has 0 saturated carbocycles. The summed E-state index contributed by atoms with van der Waals surface area (Å²) < 4.78 is 9.30. The molecule has 0 aliphatic rings. The van der Waals surface area contributed by atoms with Crippen molar-refractivity contribution in [1.82, 2.24) is 9.36 Å². The first-order valence-electron chi connectivity index (χ1n) is 5.42. The minimum Gasteiger partial charge on any atom is -0.377 e. The van der Waals surface area contributed by atoms with E-state index >= 15 is 0 Å². The molecule has 17 heavy (non-hydrogen) atoms. The van der Waals surface area contributed by atoms with Crippen molar-refractivity contribution in [2.45, 2.75) is 20.1 Å². The first kappa shape index (κ1) is 12.5. The van der Waals surface area contributed by atoms with Crippen LogP contribution in [0.4, 0.5) is 5.13 Å². The fourth-order valence-electron chi connectivity index (χ4n) is 1.47. The van der Waals surface area contributed by atoms with E-state index in [0.717, 1.165) is 24.0 Å². The molecule has 0 atom stereocenters. The van der Waals surface area contributed by atoms with Crippen LogP contribution in [-0.4, -0.2) is 23.0 Å². The highest BCUT2D eigenvalue weighted by Gasteiger charge is 2.11. The lowest BCUT2D eigenvalue weighted by Crippen LogP contribution is -2.21. The van der Waals surface area contributed by atoms with Gasteiger partial charge < -0.3 is 9.64 Å². The number of hydrogen-bond acceptors (Lipinski definition) is 6. The molecule has 0 spiro atoms. The summed E-state index contributed by atoms with van der Waals surface area (Å²) in [4.78, 5) is 8.03. The van der Waals surface area contributed by atoms with Crippen LogP contribution < -0.4 is 4.90 Å². The molecule has 0 bridgehead atoms. The van der Waals surface area contributed by atoms with Crippen LogP contribution >= 0.6 is 22.9 Å². The van der Waals surface area contributed by atoms with Crippen molar-refractivity contribution in [2.24, 2.45) is 0 Å². The first-order chi connectivity index (χ1) is 8.33. The SMILES string of the molecule is CCN(Cc1cccs1)c1nc(COC)ns1. The Kier molecular flexibility index (Phi) is 4.47. The first-order valence-corrected chi connectivity index (χ1v) is 7.07. The summed E-state index contributed by atoms with van der Waals surface area (Å²) in [5.41, 5.74) is 0. The van der Waals surface area contributed by atoms with Crippen LogP contribution in [0.1, 0.15) is 17.6 Å². The number of anilines is 1. The van der Waals surface area contributed by atoms with Gasteiger partial charge in [0, 0.05) is 30.1 Å². The molecule has 2 aromatic heterocycles. The number of hydrogen-bond donors (Lipinski definition) is 0. The van der Waals surface area contributed by atoms with Gasteiger partial charge in [-0.3, -0.25) is 0 Å². The van der Waals surface area contributed by atoms with Crippen LogP contribution in [0, 0.1) is 0 Å². The highest BCUT2D eigenvalue weighted by molar-refractivity contribution is 7.10. The predicted molar refractivity (Wildman–Crippen MR) is 71.7 cm³/mol. The molecule has 92 valence electrons. The summed E-state index contributed by atoms with van der Waals surface area (Å²) >= 11 is 3.20. The fraction of sp³-hybridized carbons (Fsp3) is 0.455. The van der Waals surface area contributed by atoms with Crippen molar-refractivity contribution in [3.63, 3.8) is 0 Å². The molecule has 2 heterocycles. The van der Waals surface area contributed by atoms with Gasteiger partial charge in [-0.25, -0.2) is 4.98 Å². The minimum atomic E-state index is 0.479. The monoisotopic (exact) mass is 269 g/mol. The highest BCUT2D eigenvalue weighted by atomic mass is 32.1. The Morgan fingerprint density at radius 1 is 1.47 bits per heavy atom. The van der Waals surface area contributed by atoms with E-state index in [9.17, 15) is 0 Å². The van der Waals surface area contributed by atoms with Crippen LogP contribution in [0.3, 0.4) is 0 Å². The van der Waals surface area contributed by atoms with E-state index in [1.807, 2.05) is 0 Å². The van der Waals surface area contributed by atoms with Gasteiger partial charge >= 0.3 is 0 Å². The van der Waals surface area contributed by atoms with Gasteiger partial charge in [0.25, 0.3) is 0 Å². The Balaban J connectivity index is 2.06. The average molecular weight is 269 g/mol. The topological polar surface area (TPSA) is 38.2 Å². The van der Waals surface area contributed by atoms with Crippen molar-refractivity contribution in [1.29, 1.82) is 0 Å². The Hall–Kier alpha value is -0.980. The van der Waals surface area contributed by atoms with E-state index in [1.54, 1.807) is 18.4 Å². The van der Waals surface area contributed by atoms with Crippen molar-refractivity contribution >= 4 is 28.0 Å². The number of aromatic nitrogens is 2. The Labute approximate surface area is 109 Å². The number of ether oxygens (including phenoxy) is 1. The van der Waals surface area contributed by atoms with E-state index < -0.39 is 0 Å². The molecule has 0 aromatic carbocycles. The predicted octanol–water partition coefficient (Wildman–Crippen LogP) is 2.77. The molecule has 2 rings (SSSR count). The smallest absolute Gasteiger partial charge is 0.205 e. The summed E-state index contributed by atoms with van der Waals surface area (Å²) in [6, 6.07) is 4.22. The van der Waals surface area contributed by atoms with Gasteiger partial charge in [-0.2, -0.15) is 4.37 Å². The number of rotatable bonds is 6. The van der Waals surface area contributed by atoms with E-state index in [2.05, 4.69) is 38.7 Å². The third-order valence-electron chi connectivity index (χ3n) is 2.31. The maximum Gasteiger partial charge on any atom is 0.205 e. The zero-order valence-electron chi connectivity index (χ0n) is 9.92. The van der Waals surface area contributed by atoms with E-state index in [4.69, 9.17) is 4.74 Å². The standard InChI is InChI=1S/C11H15N3OS2/c1-3-14(7-9-5-4-6-16-9)11-12-10(8-15-2)13-17-11/h4-6H,3,7-8H2,1-2H3. The number of nitrogens with zero attached hydrogens (tertiary/aromatic N) is 3. The highest BCUT2D eigenvalue weighted by Crippen LogP contribution is 2.21. The van der Waals surface area contributed by atoms with Crippen LogP contribution in [0.25, 0.3) is 0 Å². The van der Waals surface area contributed by atoms with E-state index in [-0.39, 0.29) is 0 Å². The average Bonchev–Trinajstić information content (AvgIpc) is 2.97. The number of thiophene rings is 1. The molecule has 0 saturated heterocycles. The van der Waals surface area contributed by atoms with Gasteiger partial charge in [-0.05, 0) is 18.4 Å². The summed E-state index contributed by atoms with van der Waals surface area (Å²) in [7, 11) is 1.66. The van der Waals surface area contributed by atoms with Crippen LogP contribution in [0.5, 0.6) is 0 Å². The molecule has 0 fully saturated rings. The van der Waals surface area contributed by atoms with E-state index in [1.165, 1.54) is 16.4 Å². The molecule has 2 aromatic rings. The van der Waals surface area contributed by atoms with Crippen molar-refractivity contribution < 1.29 is 4.74 Å². The molecule has 6 heteroatoms. The molecule has 0 radical (unpaired) electrons. The van der Waals surface area contributed by atoms with Crippen LogP contribution in [-0.2, 0) is 17.9 Å². The molecule has 0 aliphatic carbocycles. The van der Waals surface area contributed by atoms with Gasteiger partial charge in [0.15, 0.2) is 5.82 Å². The second-order valence-corrected chi connectivity index (χ2v) is 5.28. The molecule has 0 N–H and O–H groups in total. The molecule has 4 nitrogen and oxygen atoms in total. The van der Waals surface area contributed by atoms with Gasteiger partial charge in [-0.15, -0.1) is 11.3 Å². The summed E-state index contributed by atoms with van der Waals surface area (Å²) in [6.07, 6.45) is 0. The molecule has 0 unspecified atom stereocenters. The van der Waals surface area contributed by atoms with Crippen molar-refractivity contribution in [3.05, 3.63) is 28.2 Å². The van der Waals surface area contributed by atoms with Gasteiger partial charge in [0.2, 0.25) is 5.13 Å². The van der Waals surface area contributed by atoms with Gasteiger partial charge in [0.05, 0.1) is 6.54 Å². The lowest BCUT2D eigenvalue weighted by molar-refractivity contribution is 0.179. The second-order valence-electron chi connectivity index (χ2n) is 3.52. The lowest BCUT2D eigenvalue weighted by atomic mass is 10.4. The molecular formula is C11H15N3OS2. The largest absolute Gasteiger partial charge is 0.377 e. The zero-order chi connectivity index (χ0) is 12.1. The number of methoxy groups -OCH3 is 1. The summed E-state index contributed by atoms with van der Waals surface area (Å²) in [6.45, 7) is 4.44. The third kappa shape index (κ3) is 3.24. The Morgan fingerprint density at radius 2 is 2.35 bits per heavy atom. The fourth-order valence-corrected chi connectivity index (χ4v) is 2.92. The van der Waals surface area contributed by atoms with Crippen molar-refractivity contribution in [3.8, 4) is 0 Å². The molecule has 0 amide bonds. The Bertz CT molecular complexity index is 441. The molecule has 0 aliphatic heterocycles. The quantitative estimate of drug-likeness (QED) is 0.808. The minimum absolute atomic E-state index is 0.479. The maximum atomic E-state index is 5.03. The van der Waals surface area contributed by atoms with E-state index in [0.29, 0.717) is 6.61 Å². The van der Waals surface area contributed by atoms with Crippen molar-refractivity contribution in [2.75, 3.05) is 18.6 Å². The Morgan fingerprint density at radius 3 is 3.00 bits per heavy atom. The summed E-state index contributed by atoms with van der Waals surface area (Å²) in [5, 5.41) is 3.06. The third-order valence-corrected chi connectivity index (χ3v) is 3.99. The normalized spacial score (nSPS) is 10.7. The van der Waals surface area contributed by atoms with Gasteiger partial charge in [-0.1, -0.05) is 6.07 Å². The maximum absolute atomic E-state index is 5.03. The zero-order valence-corrected chi connectivity index (χ0v) is 11.6.